The Kier molecular flexibility index (Phi) is 6.27. The molecule has 0 aliphatic heterocycles. The number of hydrogen-bond acceptors (Lipinski definition) is 3. The highest BCUT2D eigenvalue weighted by molar-refractivity contribution is 6.50. The molecule has 1 fully saturated rings. The van der Waals surface area contributed by atoms with Gasteiger partial charge in [0.2, 0.25) is 5.39 Å². The van der Waals surface area contributed by atoms with E-state index in [1.807, 2.05) is 0 Å². The van der Waals surface area contributed by atoms with Crippen LogP contribution in [-0.4, -0.2) is 20.5 Å². The Morgan fingerprint density at radius 3 is 2.19 bits per heavy atom. The van der Waals surface area contributed by atoms with E-state index in [2.05, 4.69) is 4.98 Å². The summed E-state index contributed by atoms with van der Waals surface area (Å²) in [6.45, 7) is 0. The summed E-state index contributed by atoms with van der Waals surface area (Å²) >= 11 is 0. The Labute approximate surface area is 119 Å². The summed E-state index contributed by atoms with van der Waals surface area (Å²) in [5, 5.41) is 8.72. The first-order valence-electron chi connectivity index (χ1n) is 6.40. The van der Waals surface area contributed by atoms with Crippen molar-refractivity contribution in [1.29, 1.82) is 5.39 Å². The predicted molar refractivity (Wildman–Crippen MR) is 70.8 cm³/mol. The van der Waals surface area contributed by atoms with E-state index in [0.717, 1.165) is 12.8 Å². The first kappa shape index (κ1) is 17.1. The van der Waals surface area contributed by atoms with Crippen LogP contribution in [-0.2, 0) is 0 Å². The Morgan fingerprint density at radius 1 is 1.14 bits per heavy atom. The van der Waals surface area contributed by atoms with Gasteiger partial charge in [0, 0.05) is 6.07 Å². The quantitative estimate of drug-likeness (QED) is 0.458. The van der Waals surface area contributed by atoms with Crippen molar-refractivity contribution >= 4 is 12.9 Å². The topological polar surface area (TPSA) is 46.6 Å². The second-order valence-electron chi connectivity index (χ2n) is 4.45. The zero-order chi connectivity index (χ0) is 15.9. The summed E-state index contributed by atoms with van der Waals surface area (Å²) < 4.78 is 50.1. The molecule has 0 unspecified atom stereocenters. The Balaban J connectivity index is 0.000000383. The lowest BCUT2D eigenvalue weighted by molar-refractivity contribution is 0.201. The van der Waals surface area contributed by atoms with E-state index in [1.165, 1.54) is 12.8 Å². The summed E-state index contributed by atoms with van der Waals surface area (Å²) in [7, 11) is -4.40. The van der Waals surface area contributed by atoms with Crippen LogP contribution in [0.25, 0.3) is 4.98 Å². The van der Waals surface area contributed by atoms with Gasteiger partial charge in [-0.2, -0.15) is 0 Å². The van der Waals surface area contributed by atoms with Crippen molar-refractivity contribution in [3.63, 3.8) is 0 Å². The normalized spacial score (nSPS) is 14.9. The van der Waals surface area contributed by atoms with Crippen LogP contribution in [0.5, 0.6) is 11.5 Å². The van der Waals surface area contributed by atoms with Crippen LogP contribution >= 0.6 is 0 Å². The largest absolute Gasteiger partial charge is 0.673 e. The molecule has 0 amide bonds. The molecule has 1 saturated carbocycles. The molecule has 0 bridgehead atoms. The molecule has 0 atom stereocenters. The number of ether oxygens (including phenoxy) is 2. The fraction of sp³-hybridized carbons (Fsp3) is 0.500. The minimum atomic E-state index is -6.00. The van der Waals surface area contributed by atoms with Gasteiger partial charge in [-0.1, -0.05) is 0 Å². The van der Waals surface area contributed by atoms with E-state index in [0.29, 0.717) is 17.2 Å². The molecule has 0 saturated heterocycles. The zero-order valence-electron chi connectivity index (χ0n) is 11.4. The van der Waals surface area contributed by atoms with Gasteiger partial charge in [0.1, 0.15) is 0 Å². The maximum Gasteiger partial charge on any atom is 0.673 e. The van der Waals surface area contributed by atoms with Gasteiger partial charge < -0.3 is 26.7 Å². The number of rotatable bonds is 3. The van der Waals surface area contributed by atoms with Crippen LogP contribution in [0.15, 0.2) is 18.2 Å². The summed E-state index contributed by atoms with van der Waals surface area (Å²) in [4.78, 5) is 3.15. The van der Waals surface area contributed by atoms with E-state index < -0.39 is 7.25 Å². The van der Waals surface area contributed by atoms with Gasteiger partial charge in [-0.25, -0.2) is 0 Å². The highest BCUT2D eigenvalue weighted by Crippen LogP contribution is 2.34. The lowest BCUT2D eigenvalue weighted by Gasteiger charge is -2.14. The van der Waals surface area contributed by atoms with Crippen LogP contribution in [0, 0.1) is 5.39 Å². The lowest BCUT2D eigenvalue weighted by Crippen LogP contribution is -2.11. The van der Waals surface area contributed by atoms with Crippen LogP contribution in [0.2, 0.25) is 0 Å². The van der Waals surface area contributed by atoms with Gasteiger partial charge in [0.25, 0.3) is 0 Å². The standard InChI is InChI=1S/C12H15N2O2.BF4/c1-15-11-7-6-9(14-13)8-12(11)16-10-4-2-3-5-10;2-1(3,4)5/h6-8,10H,2-5H2,1H3;/q+1;-1. The van der Waals surface area contributed by atoms with Gasteiger partial charge in [0.15, 0.2) is 16.5 Å². The molecule has 1 aliphatic rings. The molecule has 0 spiro atoms. The van der Waals surface area contributed by atoms with E-state index >= 15 is 0 Å². The molecule has 1 aliphatic carbocycles. The van der Waals surface area contributed by atoms with Gasteiger partial charge in [0.05, 0.1) is 19.3 Å². The zero-order valence-corrected chi connectivity index (χ0v) is 11.4. The second kappa shape index (κ2) is 7.71. The minimum absolute atomic E-state index is 0.267. The number of diazo groups is 1. The predicted octanol–water partition coefficient (Wildman–Crippen LogP) is 4.80. The van der Waals surface area contributed by atoms with Crippen molar-refractivity contribution in [2.24, 2.45) is 0 Å². The molecule has 21 heavy (non-hydrogen) atoms. The number of nitrogens with zero attached hydrogens (tertiary/aromatic N) is 2. The highest BCUT2D eigenvalue weighted by atomic mass is 19.5. The Bertz CT molecular complexity index is 493. The van der Waals surface area contributed by atoms with E-state index in [4.69, 9.17) is 14.9 Å². The van der Waals surface area contributed by atoms with Gasteiger partial charge in [-0.05, 0) is 31.7 Å². The Hall–Kier alpha value is -1.98. The third-order valence-corrected chi connectivity index (χ3v) is 2.86. The first-order chi connectivity index (χ1) is 9.83. The number of halogens is 4. The summed E-state index contributed by atoms with van der Waals surface area (Å²) in [6, 6.07) is 5.12. The SMILES string of the molecule is COc1ccc([N+]#N)cc1OC1CCCC1.F[B-](F)(F)F. The van der Waals surface area contributed by atoms with Crippen molar-refractivity contribution in [1.82, 2.24) is 0 Å². The molecular formula is C12H15BF4N2O2. The molecule has 1 aromatic rings. The molecule has 0 aromatic heterocycles. The average Bonchev–Trinajstić information content (AvgIpc) is 2.89. The molecule has 0 N–H and O–H groups in total. The van der Waals surface area contributed by atoms with Gasteiger partial charge >= 0.3 is 12.9 Å². The van der Waals surface area contributed by atoms with E-state index in [-0.39, 0.29) is 6.10 Å². The van der Waals surface area contributed by atoms with Crippen molar-refractivity contribution in [3.8, 4) is 11.5 Å². The Morgan fingerprint density at radius 2 is 1.71 bits per heavy atom. The number of benzene rings is 1. The lowest BCUT2D eigenvalue weighted by atomic mass is 10.2. The van der Waals surface area contributed by atoms with Gasteiger partial charge in [-0.3, -0.25) is 0 Å². The maximum atomic E-state index is 9.75. The smallest absolute Gasteiger partial charge is 0.493 e. The van der Waals surface area contributed by atoms with Crippen LogP contribution < -0.4 is 9.47 Å². The molecule has 1 aromatic carbocycles. The molecule has 2 rings (SSSR count). The molecular weight excluding hydrogens is 291 g/mol. The van der Waals surface area contributed by atoms with Gasteiger partial charge in [-0.15, -0.1) is 0 Å². The van der Waals surface area contributed by atoms with Crippen molar-refractivity contribution in [2.75, 3.05) is 7.11 Å². The monoisotopic (exact) mass is 306 g/mol. The number of hydrogen-bond donors (Lipinski definition) is 0. The van der Waals surface area contributed by atoms with Crippen molar-refractivity contribution in [2.45, 2.75) is 31.8 Å². The summed E-state index contributed by atoms with van der Waals surface area (Å²) in [6.07, 6.45) is 4.88. The molecule has 4 nitrogen and oxygen atoms in total. The number of methoxy groups -OCH3 is 1. The second-order valence-corrected chi connectivity index (χ2v) is 4.45. The summed E-state index contributed by atoms with van der Waals surface area (Å²) in [5.74, 6) is 1.34. The maximum absolute atomic E-state index is 9.75. The summed E-state index contributed by atoms with van der Waals surface area (Å²) in [5.41, 5.74) is 0.480. The third kappa shape index (κ3) is 6.83. The fourth-order valence-corrected chi connectivity index (χ4v) is 2.01. The highest BCUT2D eigenvalue weighted by Gasteiger charge is 2.21. The van der Waals surface area contributed by atoms with E-state index in [1.54, 1.807) is 25.3 Å². The third-order valence-electron chi connectivity index (χ3n) is 2.86. The van der Waals surface area contributed by atoms with Crippen LogP contribution in [0.1, 0.15) is 25.7 Å². The molecule has 0 radical (unpaired) electrons. The molecule has 9 heteroatoms. The molecule has 116 valence electrons. The van der Waals surface area contributed by atoms with E-state index in [9.17, 15) is 17.3 Å². The average molecular weight is 306 g/mol. The fourth-order valence-electron chi connectivity index (χ4n) is 2.01. The molecule has 0 heterocycles. The van der Waals surface area contributed by atoms with Crippen LogP contribution in [0.3, 0.4) is 0 Å². The minimum Gasteiger partial charge on any atom is -0.493 e. The van der Waals surface area contributed by atoms with Crippen molar-refractivity contribution in [3.05, 3.63) is 23.2 Å². The van der Waals surface area contributed by atoms with Crippen molar-refractivity contribution < 1.29 is 26.7 Å². The van der Waals surface area contributed by atoms with Crippen LogP contribution in [0.4, 0.5) is 23.0 Å². The first-order valence-corrected chi connectivity index (χ1v) is 6.40.